The molecule has 0 aliphatic carbocycles. The van der Waals surface area contributed by atoms with Crippen LogP contribution in [0, 0.1) is 6.92 Å². The molecule has 0 heterocycles. The molecule has 4 heteroatoms. The van der Waals surface area contributed by atoms with Crippen LogP contribution in [0.2, 0.25) is 0 Å². The smallest absolute Gasteiger partial charge is 0.251 e. The number of alkyl halides is 2. The number of aliphatic hydroxyl groups is 1. The number of hydrogen-bond acceptors (Lipinski definition) is 2. The van der Waals surface area contributed by atoms with E-state index in [-0.39, 0.29) is 19.7 Å². The van der Waals surface area contributed by atoms with Crippen LogP contribution in [-0.2, 0) is 6.54 Å². The number of rotatable bonds is 6. The molecule has 0 saturated carbocycles. The van der Waals surface area contributed by atoms with Crippen molar-refractivity contribution in [3.63, 3.8) is 0 Å². The fourth-order valence-corrected chi connectivity index (χ4v) is 1.52. The molecule has 0 spiro atoms. The number of halogens is 2. The van der Waals surface area contributed by atoms with Crippen LogP contribution in [0.1, 0.15) is 11.1 Å². The van der Waals surface area contributed by atoms with Gasteiger partial charge in [0.25, 0.3) is 6.43 Å². The summed E-state index contributed by atoms with van der Waals surface area (Å²) in [6.45, 7) is 2.31. The van der Waals surface area contributed by atoms with Crippen LogP contribution in [0.15, 0.2) is 24.3 Å². The second-order valence-corrected chi connectivity index (χ2v) is 3.84. The molecular formula is C12H17F2NO. The van der Waals surface area contributed by atoms with E-state index in [9.17, 15) is 8.78 Å². The molecule has 0 saturated heterocycles. The van der Waals surface area contributed by atoms with Crippen molar-refractivity contribution in [2.75, 3.05) is 19.7 Å². The van der Waals surface area contributed by atoms with E-state index in [0.717, 1.165) is 11.1 Å². The minimum Gasteiger partial charge on any atom is -0.395 e. The van der Waals surface area contributed by atoms with Crippen LogP contribution >= 0.6 is 0 Å². The number of aryl methyl sites for hydroxylation is 1. The van der Waals surface area contributed by atoms with Gasteiger partial charge in [0.1, 0.15) is 0 Å². The number of nitrogens with zero attached hydrogens (tertiary/aromatic N) is 1. The predicted octanol–water partition coefficient (Wildman–Crippen LogP) is 2.05. The van der Waals surface area contributed by atoms with E-state index < -0.39 is 6.43 Å². The van der Waals surface area contributed by atoms with Gasteiger partial charge in [-0.05, 0) is 12.5 Å². The maximum atomic E-state index is 12.3. The van der Waals surface area contributed by atoms with Gasteiger partial charge in [-0.15, -0.1) is 0 Å². The Bertz CT molecular complexity index is 300. The first-order chi connectivity index (χ1) is 7.61. The van der Waals surface area contributed by atoms with Crippen molar-refractivity contribution in [1.82, 2.24) is 4.90 Å². The van der Waals surface area contributed by atoms with Crippen molar-refractivity contribution in [2.45, 2.75) is 19.9 Å². The van der Waals surface area contributed by atoms with E-state index in [1.807, 2.05) is 31.2 Å². The van der Waals surface area contributed by atoms with E-state index in [1.165, 1.54) is 0 Å². The van der Waals surface area contributed by atoms with Gasteiger partial charge in [-0.2, -0.15) is 0 Å². The monoisotopic (exact) mass is 229 g/mol. The summed E-state index contributed by atoms with van der Waals surface area (Å²) in [5.74, 6) is 0. The van der Waals surface area contributed by atoms with Crippen molar-refractivity contribution in [1.29, 1.82) is 0 Å². The Kier molecular flexibility index (Phi) is 5.35. The highest BCUT2D eigenvalue weighted by Crippen LogP contribution is 2.08. The summed E-state index contributed by atoms with van der Waals surface area (Å²) in [6, 6.07) is 7.75. The number of aliphatic hydroxyl groups excluding tert-OH is 1. The van der Waals surface area contributed by atoms with Crippen molar-refractivity contribution < 1.29 is 13.9 Å². The molecule has 0 radical (unpaired) electrons. The molecule has 0 amide bonds. The van der Waals surface area contributed by atoms with Gasteiger partial charge in [0.05, 0.1) is 13.2 Å². The van der Waals surface area contributed by atoms with Gasteiger partial charge in [0.2, 0.25) is 0 Å². The van der Waals surface area contributed by atoms with E-state index in [4.69, 9.17) is 5.11 Å². The van der Waals surface area contributed by atoms with Gasteiger partial charge in [-0.25, -0.2) is 8.78 Å². The summed E-state index contributed by atoms with van der Waals surface area (Å²) in [7, 11) is 0. The molecule has 0 atom stereocenters. The highest BCUT2D eigenvalue weighted by Gasteiger charge is 2.11. The van der Waals surface area contributed by atoms with E-state index in [0.29, 0.717) is 6.54 Å². The lowest BCUT2D eigenvalue weighted by molar-refractivity contribution is 0.0746. The van der Waals surface area contributed by atoms with Crippen molar-refractivity contribution >= 4 is 0 Å². The molecule has 1 aromatic rings. The highest BCUT2D eigenvalue weighted by molar-refractivity contribution is 5.21. The standard InChI is InChI=1S/C12H17F2NO/c1-10-2-4-11(5-3-10)8-15(6-7-16)9-12(13)14/h2-5,12,16H,6-9H2,1H3. The first-order valence-electron chi connectivity index (χ1n) is 5.28. The Labute approximate surface area is 94.5 Å². The van der Waals surface area contributed by atoms with Crippen LogP contribution in [0.4, 0.5) is 8.78 Å². The number of hydrogen-bond donors (Lipinski definition) is 1. The number of benzene rings is 1. The molecular weight excluding hydrogens is 212 g/mol. The Morgan fingerprint density at radius 1 is 1.25 bits per heavy atom. The molecule has 1 aromatic carbocycles. The molecule has 1 rings (SSSR count). The quantitative estimate of drug-likeness (QED) is 0.807. The lowest BCUT2D eigenvalue weighted by Gasteiger charge is -2.20. The fourth-order valence-electron chi connectivity index (χ4n) is 1.52. The van der Waals surface area contributed by atoms with Crippen molar-refractivity contribution in [3.05, 3.63) is 35.4 Å². The Morgan fingerprint density at radius 2 is 1.88 bits per heavy atom. The summed E-state index contributed by atoms with van der Waals surface area (Å²) in [5.41, 5.74) is 2.13. The largest absolute Gasteiger partial charge is 0.395 e. The van der Waals surface area contributed by atoms with Gasteiger partial charge in [-0.3, -0.25) is 4.90 Å². The van der Waals surface area contributed by atoms with Crippen LogP contribution in [0.5, 0.6) is 0 Å². The lowest BCUT2D eigenvalue weighted by atomic mass is 10.1. The van der Waals surface area contributed by atoms with Gasteiger partial charge in [0, 0.05) is 13.1 Å². The molecule has 0 aliphatic heterocycles. The second kappa shape index (κ2) is 6.55. The maximum Gasteiger partial charge on any atom is 0.251 e. The van der Waals surface area contributed by atoms with Gasteiger partial charge >= 0.3 is 0 Å². The van der Waals surface area contributed by atoms with Gasteiger partial charge in [-0.1, -0.05) is 29.8 Å². The summed E-state index contributed by atoms with van der Waals surface area (Å²) < 4.78 is 24.5. The summed E-state index contributed by atoms with van der Waals surface area (Å²) in [6.07, 6.45) is -2.36. The minimum absolute atomic E-state index is 0.0986. The van der Waals surface area contributed by atoms with E-state index >= 15 is 0 Å². The Morgan fingerprint density at radius 3 is 2.38 bits per heavy atom. The third-order valence-electron chi connectivity index (χ3n) is 2.34. The summed E-state index contributed by atoms with van der Waals surface area (Å²) in [5, 5.41) is 8.79. The molecule has 0 fully saturated rings. The van der Waals surface area contributed by atoms with Gasteiger partial charge < -0.3 is 5.11 Å². The molecule has 0 aliphatic rings. The summed E-state index contributed by atoms with van der Waals surface area (Å²) in [4.78, 5) is 1.55. The third-order valence-corrected chi connectivity index (χ3v) is 2.34. The van der Waals surface area contributed by atoms with Crippen molar-refractivity contribution in [3.8, 4) is 0 Å². The summed E-state index contributed by atoms with van der Waals surface area (Å²) >= 11 is 0. The fraction of sp³-hybridized carbons (Fsp3) is 0.500. The SMILES string of the molecule is Cc1ccc(CN(CCO)CC(F)F)cc1. The lowest BCUT2D eigenvalue weighted by Crippen LogP contribution is -2.31. The predicted molar refractivity (Wildman–Crippen MR) is 59.5 cm³/mol. The average molecular weight is 229 g/mol. The van der Waals surface area contributed by atoms with E-state index in [2.05, 4.69) is 0 Å². The molecule has 90 valence electrons. The molecule has 2 nitrogen and oxygen atoms in total. The molecule has 0 bridgehead atoms. The molecule has 0 unspecified atom stereocenters. The minimum atomic E-state index is -2.36. The van der Waals surface area contributed by atoms with Crippen LogP contribution in [-0.4, -0.2) is 36.1 Å². The Hall–Kier alpha value is -1.00. The van der Waals surface area contributed by atoms with E-state index in [1.54, 1.807) is 4.90 Å². The molecule has 16 heavy (non-hydrogen) atoms. The topological polar surface area (TPSA) is 23.5 Å². The van der Waals surface area contributed by atoms with Crippen LogP contribution in [0.25, 0.3) is 0 Å². The zero-order valence-electron chi connectivity index (χ0n) is 9.37. The highest BCUT2D eigenvalue weighted by atomic mass is 19.3. The normalized spacial score (nSPS) is 11.4. The second-order valence-electron chi connectivity index (χ2n) is 3.84. The zero-order valence-corrected chi connectivity index (χ0v) is 9.37. The van der Waals surface area contributed by atoms with Crippen molar-refractivity contribution in [2.24, 2.45) is 0 Å². The maximum absolute atomic E-state index is 12.3. The first-order valence-corrected chi connectivity index (χ1v) is 5.28. The first kappa shape index (κ1) is 13.1. The van der Waals surface area contributed by atoms with Crippen LogP contribution in [0.3, 0.4) is 0 Å². The van der Waals surface area contributed by atoms with Gasteiger partial charge in [0.15, 0.2) is 0 Å². The molecule has 1 N–H and O–H groups in total. The average Bonchev–Trinajstić information content (AvgIpc) is 2.21. The molecule has 0 aromatic heterocycles. The Balaban J connectivity index is 2.56. The van der Waals surface area contributed by atoms with Crippen LogP contribution < -0.4 is 0 Å². The zero-order chi connectivity index (χ0) is 12.0. The third kappa shape index (κ3) is 4.68.